The number of hydrogen-bond acceptors (Lipinski definition) is 3. The van der Waals surface area contributed by atoms with Crippen LogP contribution in [0, 0.1) is 6.92 Å². The molecule has 1 aliphatic rings. The maximum absolute atomic E-state index is 12.3. The molecule has 0 aliphatic carbocycles. The van der Waals surface area contributed by atoms with Crippen LogP contribution in [-0.2, 0) is 16.0 Å². The zero-order valence-electron chi connectivity index (χ0n) is 12.6. The number of rotatable bonds is 3. The van der Waals surface area contributed by atoms with Crippen LogP contribution in [0.1, 0.15) is 29.2 Å². The minimum atomic E-state index is -0.175. The Labute approximate surface area is 130 Å². The van der Waals surface area contributed by atoms with Gasteiger partial charge in [0.25, 0.3) is 0 Å². The van der Waals surface area contributed by atoms with Gasteiger partial charge in [-0.25, -0.2) is 0 Å². The molecule has 1 atom stereocenters. The molecule has 3 rings (SSSR count). The highest BCUT2D eigenvalue weighted by Crippen LogP contribution is 2.30. The molecule has 0 spiro atoms. The summed E-state index contributed by atoms with van der Waals surface area (Å²) in [5.74, 6) is -0.0598. The van der Waals surface area contributed by atoms with Gasteiger partial charge in [-0.15, -0.1) is 0 Å². The molecule has 0 radical (unpaired) electrons. The Kier molecular flexibility index (Phi) is 4.11. The van der Waals surface area contributed by atoms with Crippen molar-refractivity contribution in [2.24, 2.45) is 0 Å². The second-order valence-corrected chi connectivity index (χ2v) is 5.63. The van der Waals surface area contributed by atoms with Crippen LogP contribution in [0.4, 0.5) is 11.4 Å². The number of benzene rings is 2. The Morgan fingerprint density at radius 3 is 3.00 bits per heavy atom. The molecule has 22 heavy (non-hydrogen) atoms. The smallest absolute Gasteiger partial charge is 0.227 e. The minimum absolute atomic E-state index is 0.0598. The second-order valence-electron chi connectivity index (χ2n) is 5.63. The average Bonchev–Trinajstić information content (AvgIpc) is 2.51. The molecule has 0 saturated carbocycles. The number of fused-ring (bicyclic) bond motifs is 1. The zero-order chi connectivity index (χ0) is 15.5. The van der Waals surface area contributed by atoms with E-state index >= 15 is 0 Å². The predicted molar refractivity (Wildman–Crippen MR) is 87.7 cm³/mol. The highest BCUT2D eigenvalue weighted by molar-refractivity contribution is 5.92. The summed E-state index contributed by atoms with van der Waals surface area (Å²) in [5, 5.41) is 2.93. The van der Waals surface area contributed by atoms with E-state index in [0.717, 1.165) is 23.2 Å². The fourth-order valence-corrected chi connectivity index (χ4v) is 2.79. The summed E-state index contributed by atoms with van der Waals surface area (Å²) in [6.45, 7) is 2.60. The van der Waals surface area contributed by atoms with Crippen LogP contribution < -0.4 is 11.1 Å². The molecule has 1 heterocycles. The lowest BCUT2D eigenvalue weighted by Crippen LogP contribution is -2.22. The Bertz CT molecular complexity index is 697. The van der Waals surface area contributed by atoms with Crippen molar-refractivity contribution < 1.29 is 9.53 Å². The van der Waals surface area contributed by atoms with E-state index in [1.54, 1.807) is 6.07 Å². The zero-order valence-corrected chi connectivity index (χ0v) is 12.6. The Morgan fingerprint density at radius 1 is 1.32 bits per heavy atom. The second kappa shape index (κ2) is 6.20. The number of nitrogens with one attached hydrogen (secondary N) is 1. The highest BCUT2D eigenvalue weighted by atomic mass is 16.5. The molecule has 0 fully saturated rings. The van der Waals surface area contributed by atoms with E-state index in [9.17, 15) is 4.79 Å². The molecule has 1 amide bonds. The van der Waals surface area contributed by atoms with Crippen molar-refractivity contribution >= 4 is 17.3 Å². The van der Waals surface area contributed by atoms with E-state index in [2.05, 4.69) is 11.4 Å². The first-order valence-corrected chi connectivity index (χ1v) is 7.49. The van der Waals surface area contributed by atoms with Crippen molar-refractivity contribution in [3.8, 4) is 0 Å². The van der Waals surface area contributed by atoms with Gasteiger partial charge < -0.3 is 15.8 Å². The van der Waals surface area contributed by atoms with E-state index in [1.165, 1.54) is 5.56 Å². The lowest BCUT2D eigenvalue weighted by molar-refractivity contribution is -0.119. The van der Waals surface area contributed by atoms with Gasteiger partial charge in [0.05, 0.1) is 19.1 Å². The number of ether oxygens (including phenoxy) is 1. The minimum Gasteiger partial charge on any atom is -0.399 e. The molecule has 4 nitrogen and oxygen atoms in total. The molecule has 0 saturated heterocycles. The van der Waals surface area contributed by atoms with Crippen LogP contribution in [0.2, 0.25) is 0 Å². The molecular weight excluding hydrogens is 276 g/mol. The van der Waals surface area contributed by atoms with E-state index in [0.29, 0.717) is 18.7 Å². The number of carbonyl (C=O) groups excluding carboxylic acids is 1. The SMILES string of the molecule is Cc1ccc(N)cc1NC(=O)CC1OCCc2ccccc21. The summed E-state index contributed by atoms with van der Waals surface area (Å²) in [7, 11) is 0. The lowest BCUT2D eigenvalue weighted by atomic mass is 9.95. The number of anilines is 2. The van der Waals surface area contributed by atoms with Gasteiger partial charge in [-0.3, -0.25) is 4.79 Å². The van der Waals surface area contributed by atoms with E-state index in [4.69, 9.17) is 10.5 Å². The van der Waals surface area contributed by atoms with Gasteiger partial charge >= 0.3 is 0 Å². The topological polar surface area (TPSA) is 64.3 Å². The standard InChI is InChI=1S/C18H20N2O2/c1-12-6-7-14(19)10-16(12)20-18(21)11-17-15-5-3-2-4-13(15)8-9-22-17/h2-7,10,17H,8-9,11,19H2,1H3,(H,20,21). The van der Waals surface area contributed by atoms with Gasteiger partial charge in [-0.05, 0) is 42.2 Å². The summed E-state index contributed by atoms with van der Waals surface area (Å²) in [6, 6.07) is 13.7. The van der Waals surface area contributed by atoms with Gasteiger partial charge in [0.15, 0.2) is 0 Å². The van der Waals surface area contributed by atoms with Crippen molar-refractivity contribution in [3.05, 3.63) is 59.2 Å². The third-order valence-electron chi connectivity index (χ3n) is 4.00. The van der Waals surface area contributed by atoms with E-state index in [-0.39, 0.29) is 12.0 Å². The number of amides is 1. The van der Waals surface area contributed by atoms with Crippen LogP contribution >= 0.6 is 0 Å². The van der Waals surface area contributed by atoms with Crippen LogP contribution in [0.25, 0.3) is 0 Å². The summed E-state index contributed by atoms with van der Waals surface area (Å²) in [6.07, 6.45) is 1.04. The van der Waals surface area contributed by atoms with Crippen LogP contribution in [-0.4, -0.2) is 12.5 Å². The third-order valence-corrected chi connectivity index (χ3v) is 4.00. The summed E-state index contributed by atoms with van der Waals surface area (Å²) >= 11 is 0. The fourth-order valence-electron chi connectivity index (χ4n) is 2.79. The molecule has 0 aromatic heterocycles. The number of aryl methyl sites for hydroxylation is 1. The average molecular weight is 296 g/mol. The van der Waals surface area contributed by atoms with Crippen molar-refractivity contribution in [1.29, 1.82) is 0 Å². The number of hydrogen-bond donors (Lipinski definition) is 2. The molecular formula is C18H20N2O2. The Hall–Kier alpha value is -2.33. The van der Waals surface area contributed by atoms with Gasteiger partial charge in [0.1, 0.15) is 0 Å². The first kappa shape index (κ1) is 14.6. The van der Waals surface area contributed by atoms with Crippen molar-refractivity contribution in [2.75, 3.05) is 17.7 Å². The van der Waals surface area contributed by atoms with Gasteiger partial charge in [0, 0.05) is 11.4 Å². The quantitative estimate of drug-likeness (QED) is 0.855. The number of nitrogen functional groups attached to an aromatic ring is 1. The van der Waals surface area contributed by atoms with Crippen molar-refractivity contribution in [3.63, 3.8) is 0 Å². The normalized spacial score (nSPS) is 16.9. The first-order valence-electron chi connectivity index (χ1n) is 7.49. The molecule has 4 heteroatoms. The lowest BCUT2D eigenvalue weighted by Gasteiger charge is -2.25. The van der Waals surface area contributed by atoms with Crippen LogP contribution in [0.3, 0.4) is 0 Å². The highest BCUT2D eigenvalue weighted by Gasteiger charge is 2.23. The van der Waals surface area contributed by atoms with Gasteiger partial charge in [-0.2, -0.15) is 0 Å². The summed E-state index contributed by atoms with van der Waals surface area (Å²) < 4.78 is 5.78. The number of carbonyl (C=O) groups is 1. The molecule has 0 bridgehead atoms. The maximum Gasteiger partial charge on any atom is 0.227 e. The molecule has 3 N–H and O–H groups in total. The Morgan fingerprint density at radius 2 is 2.14 bits per heavy atom. The Balaban J connectivity index is 1.72. The fraction of sp³-hybridized carbons (Fsp3) is 0.278. The monoisotopic (exact) mass is 296 g/mol. The molecule has 2 aromatic rings. The van der Waals surface area contributed by atoms with E-state index in [1.807, 2.05) is 37.3 Å². The van der Waals surface area contributed by atoms with Crippen LogP contribution in [0.15, 0.2) is 42.5 Å². The largest absolute Gasteiger partial charge is 0.399 e. The first-order chi connectivity index (χ1) is 10.6. The maximum atomic E-state index is 12.3. The van der Waals surface area contributed by atoms with Crippen molar-refractivity contribution in [1.82, 2.24) is 0 Å². The van der Waals surface area contributed by atoms with Gasteiger partial charge in [0.2, 0.25) is 5.91 Å². The number of nitrogens with two attached hydrogens (primary N) is 1. The molecule has 2 aromatic carbocycles. The molecule has 114 valence electrons. The summed E-state index contributed by atoms with van der Waals surface area (Å²) in [4.78, 5) is 12.3. The van der Waals surface area contributed by atoms with Gasteiger partial charge in [-0.1, -0.05) is 30.3 Å². The third kappa shape index (κ3) is 3.12. The molecule has 1 unspecified atom stereocenters. The predicted octanol–water partition coefficient (Wildman–Crippen LogP) is 3.22. The molecule has 1 aliphatic heterocycles. The summed E-state index contributed by atoms with van der Waals surface area (Å²) in [5.41, 5.74) is 10.6. The van der Waals surface area contributed by atoms with Crippen molar-refractivity contribution in [2.45, 2.75) is 25.9 Å². The van der Waals surface area contributed by atoms with E-state index < -0.39 is 0 Å². The van der Waals surface area contributed by atoms with Crippen LogP contribution in [0.5, 0.6) is 0 Å².